The molecule has 5 heteroatoms. The van der Waals surface area contributed by atoms with E-state index in [2.05, 4.69) is 15.4 Å². The van der Waals surface area contributed by atoms with Crippen molar-refractivity contribution in [1.29, 1.82) is 0 Å². The van der Waals surface area contributed by atoms with Crippen LogP contribution in [0.3, 0.4) is 0 Å². The van der Waals surface area contributed by atoms with Crippen LogP contribution in [0.5, 0.6) is 0 Å². The lowest BCUT2D eigenvalue weighted by Crippen LogP contribution is -2.00. The fourth-order valence-electron chi connectivity index (χ4n) is 1.80. The molecule has 0 bridgehead atoms. The Balaban J connectivity index is 1.78. The van der Waals surface area contributed by atoms with E-state index < -0.39 is 0 Å². The number of pyridine rings is 1. The van der Waals surface area contributed by atoms with Gasteiger partial charge in [-0.1, -0.05) is 0 Å². The van der Waals surface area contributed by atoms with Gasteiger partial charge < -0.3 is 9.73 Å². The molecule has 3 rings (SSSR count). The van der Waals surface area contributed by atoms with Crippen LogP contribution in [0.25, 0.3) is 5.65 Å². The number of hydrogen-bond acceptors (Lipinski definition) is 4. The van der Waals surface area contributed by atoms with E-state index in [0.29, 0.717) is 12.5 Å². The van der Waals surface area contributed by atoms with Gasteiger partial charge in [0.25, 0.3) is 0 Å². The third kappa shape index (κ3) is 2.07. The van der Waals surface area contributed by atoms with E-state index in [1.807, 2.05) is 44.3 Å². The Hall–Kier alpha value is -2.30. The molecule has 5 nitrogen and oxygen atoms in total. The molecule has 0 unspecified atom stereocenters. The van der Waals surface area contributed by atoms with Crippen LogP contribution in [0.1, 0.15) is 17.1 Å². The molecule has 0 aliphatic carbocycles. The lowest BCUT2D eigenvalue weighted by molar-refractivity contribution is 0.490. The van der Waals surface area contributed by atoms with Crippen molar-refractivity contribution in [2.24, 2.45) is 0 Å². The maximum atomic E-state index is 5.47. The van der Waals surface area contributed by atoms with Crippen LogP contribution < -0.4 is 5.32 Å². The number of nitrogens with zero attached hydrogens (tertiary/aromatic N) is 3. The van der Waals surface area contributed by atoms with E-state index in [1.165, 1.54) is 5.56 Å². The summed E-state index contributed by atoms with van der Waals surface area (Å²) in [6.45, 7) is 4.55. The molecule has 0 spiro atoms. The lowest BCUT2D eigenvalue weighted by Gasteiger charge is -1.96. The van der Waals surface area contributed by atoms with Crippen molar-refractivity contribution < 1.29 is 4.42 Å². The molecule has 3 aromatic rings. The number of nitrogens with one attached hydrogen (secondary N) is 1. The monoisotopic (exact) mass is 242 g/mol. The quantitative estimate of drug-likeness (QED) is 0.766. The van der Waals surface area contributed by atoms with Gasteiger partial charge in [-0.25, -0.2) is 4.52 Å². The molecule has 0 atom stereocenters. The zero-order valence-corrected chi connectivity index (χ0v) is 10.3. The number of furan rings is 1. The Kier molecular flexibility index (Phi) is 2.51. The van der Waals surface area contributed by atoms with Crippen molar-refractivity contribution in [3.8, 4) is 0 Å². The van der Waals surface area contributed by atoms with Crippen LogP contribution in [-0.4, -0.2) is 14.6 Å². The Morgan fingerprint density at radius 1 is 1.28 bits per heavy atom. The SMILES string of the molecule is Cc1ccn2nc(NCc3ccc(C)o3)nc2c1. The minimum Gasteiger partial charge on any atom is -0.465 e. The normalized spacial score (nSPS) is 11.0. The molecule has 0 amide bonds. The van der Waals surface area contributed by atoms with E-state index in [9.17, 15) is 0 Å². The fourth-order valence-corrected chi connectivity index (χ4v) is 1.80. The topological polar surface area (TPSA) is 55.4 Å². The van der Waals surface area contributed by atoms with E-state index in [0.717, 1.165) is 17.2 Å². The van der Waals surface area contributed by atoms with E-state index in [4.69, 9.17) is 4.42 Å². The van der Waals surface area contributed by atoms with Crippen LogP contribution in [0.15, 0.2) is 34.9 Å². The number of fused-ring (bicyclic) bond motifs is 1. The summed E-state index contributed by atoms with van der Waals surface area (Å²) in [5.74, 6) is 2.39. The number of anilines is 1. The summed E-state index contributed by atoms with van der Waals surface area (Å²) in [6.07, 6.45) is 1.90. The molecule has 0 radical (unpaired) electrons. The second-order valence-electron chi connectivity index (χ2n) is 4.31. The zero-order valence-electron chi connectivity index (χ0n) is 10.3. The second kappa shape index (κ2) is 4.18. The maximum Gasteiger partial charge on any atom is 0.243 e. The molecule has 3 aromatic heterocycles. The van der Waals surface area contributed by atoms with Crippen molar-refractivity contribution >= 4 is 11.6 Å². The molecule has 18 heavy (non-hydrogen) atoms. The molecule has 0 aromatic carbocycles. The average Bonchev–Trinajstić information content (AvgIpc) is 2.92. The molecule has 1 N–H and O–H groups in total. The first-order valence-corrected chi connectivity index (χ1v) is 5.83. The fraction of sp³-hybridized carbons (Fsp3) is 0.231. The molecule has 92 valence electrons. The third-order valence-electron chi connectivity index (χ3n) is 2.71. The Morgan fingerprint density at radius 2 is 2.17 bits per heavy atom. The van der Waals surface area contributed by atoms with E-state index in [1.54, 1.807) is 4.52 Å². The maximum absolute atomic E-state index is 5.47. The van der Waals surface area contributed by atoms with Gasteiger partial charge in [0.1, 0.15) is 11.5 Å². The molecule has 3 heterocycles. The number of hydrogen-bond donors (Lipinski definition) is 1. The molecule has 0 aliphatic heterocycles. The van der Waals surface area contributed by atoms with Gasteiger partial charge in [-0.05, 0) is 43.7 Å². The first kappa shape index (κ1) is 10.8. The number of aromatic nitrogens is 3. The van der Waals surface area contributed by atoms with Gasteiger partial charge in [0.05, 0.1) is 6.54 Å². The van der Waals surface area contributed by atoms with Gasteiger partial charge in [0.2, 0.25) is 5.95 Å². The summed E-state index contributed by atoms with van der Waals surface area (Å²) in [6, 6.07) is 7.89. The van der Waals surface area contributed by atoms with Crippen molar-refractivity contribution in [3.05, 3.63) is 47.5 Å². The van der Waals surface area contributed by atoms with Crippen molar-refractivity contribution in [2.45, 2.75) is 20.4 Å². The Labute approximate surface area is 104 Å². The first-order chi connectivity index (χ1) is 8.70. The summed E-state index contributed by atoms with van der Waals surface area (Å²) in [4.78, 5) is 4.39. The third-order valence-corrected chi connectivity index (χ3v) is 2.71. The summed E-state index contributed by atoms with van der Waals surface area (Å²) < 4.78 is 7.23. The minimum atomic E-state index is 0.587. The van der Waals surface area contributed by atoms with Crippen LogP contribution in [-0.2, 0) is 6.54 Å². The van der Waals surface area contributed by atoms with Gasteiger partial charge in [0, 0.05) is 6.20 Å². The minimum absolute atomic E-state index is 0.587. The summed E-state index contributed by atoms with van der Waals surface area (Å²) >= 11 is 0. The molecule has 0 saturated heterocycles. The van der Waals surface area contributed by atoms with E-state index >= 15 is 0 Å². The molecule has 0 fully saturated rings. The van der Waals surface area contributed by atoms with Crippen LogP contribution in [0, 0.1) is 13.8 Å². The van der Waals surface area contributed by atoms with Crippen LogP contribution in [0.4, 0.5) is 5.95 Å². The van der Waals surface area contributed by atoms with Gasteiger partial charge in [-0.2, -0.15) is 4.98 Å². The van der Waals surface area contributed by atoms with Gasteiger partial charge >= 0.3 is 0 Å². The summed E-state index contributed by atoms with van der Waals surface area (Å²) in [7, 11) is 0. The first-order valence-electron chi connectivity index (χ1n) is 5.83. The van der Waals surface area contributed by atoms with Crippen molar-refractivity contribution in [3.63, 3.8) is 0 Å². The highest BCUT2D eigenvalue weighted by molar-refractivity contribution is 5.45. The molecular weight excluding hydrogens is 228 g/mol. The Bertz CT molecular complexity index is 683. The predicted octanol–water partition coefficient (Wildman–Crippen LogP) is 2.55. The standard InChI is InChI=1S/C13H14N4O/c1-9-5-6-17-12(7-9)15-13(16-17)14-8-11-4-3-10(2)18-11/h3-7H,8H2,1-2H3,(H,14,16). The molecule has 0 saturated carbocycles. The smallest absolute Gasteiger partial charge is 0.243 e. The molecular formula is C13H14N4O. The zero-order chi connectivity index (χ0) is 12.5. The summed E-state index contributed by atoms with van der Waals surface area (Å²) in [5.41, 5.74) is 2.01. The van der Waals surface area contributed by atoms with E-state index in [-0.39, 0.29) is 0 Å². The molecule has 0 aliphatic rings. The van der Waals surface area contributed by atoms with Crippen molar-refractivity contribution in [2.75, 3.05) is 5.32 Å². The average molecular weight is 242 g/mol. The number of aryl methyl sites for hydroxylation is 2. The predicted molar refractivity (Wildman–Crippen MR) is 68.5 cm³/mol. The van der Waals surface area contributed by atoms with Crippen LogP contribution in [0.2, 0.25) is 0 Å². The highest BCUT2D eigenvalue weighted by Gasteiger charge is 2.04. The highest BCUT2D eigenvalue weighted by Crippen LogP contribution is 2.10. The highest BCUT2D eigenvalue weighted by atomic mass is 16.3. The van der Waals surface area contributed by atoms with Gasteiger partial charge in [-0.15, -0.1) is 5.10 Å². The van der Waals surface area contributed by atoms with Gasteiger partial charge in [-0.3, -0.25) is 0 Å². The lowest BCUT2D eigenvalue weighted by atomic mass is 10.3. The van der Waals surface area contributed by atoms with Gasteiger partial charge in [0.15, 0.2) is 5.65 Å². The second-order valence-corrected chi connectivity index (χ2v) is 4.31. The van der Waals surface area contributed by atoms with Crippen LogP contribution >= 0.6 is 0 Å². The Morgan fingerprint density at radius 3 is 2.94 bits per heavy atom. The summed E-state index contributed by atoms with van der Waals surface area (Å²) in [5, 5.41) is 7.47. The largest absolute Gasteiger partial charge is 0.465 e. The van der Waals surface area contributed by atoms with Crippen molar-refractivity contribution in [1.82, 2.24) is 14.6 Å². The number of rotatable bonds is 3.